The number of hydrogen-bond acceptors (Lipinski definition) is 1. The lowest BCUT2D eigenvalue weighted by Gasteiger charge is -2.08. The summed E-state index contributed by atoms with van der Waals surface area (Å²) in [7, 11) is 0. The molecule has 0 aliphatic carbocycles. The second kappa shape index (κ2) is 6.59. The van der Waals surface area contributed by atoms with Crippen molar-refractivity contribution in [1.82, 2.24) is 5.32 Å². The van der Waals surface area contributed by atoms with E-state index in [1.807, 2.05) is 0 Å². The van der Waals surface area contributed by atoms with Crippen LogP contribution in [0, 0.1) is 5.92 Å². The van der Waals surface area contributed by atoms with E-state index in [9.17, 15) is 4.79 Å². The van der Waals surface area contributed by atoms with Gasteiger partial charge < -0.3 is 5.32 Å². The molecule has 1 atom stereocenters. The molecule has 60 valence electrons. The number of hydrogen-bond donors (Lipinski definition) is 1. The first kappa shape index (κ1) is 9.47. The lowest BCUT2D eigenvalue weighted by molar-refractivity contribution is -0.109. The average Bonchev–Trinajstić information content (AvgIpc) is 1.97. The van der Waals surface area contributed by atoms with E-state index < -0.39 is 0 Å². The van der Waals surface area contributed by atoms with Crippen LogP contribution in [0.2, 0.25) is 0 Å². The van der Waals surface area contributed by atoms with Gasteiger partial charge in [0.15, 0.2) is 0 Å². The summed E-state index contributed by atoms with van der Waals surface area (Å²) >= 11 is 0. The van der Waals surface area contributed by atoms with Gasteiger partial charge in [-0.3, -0.25) is 4.79 Å². The fourth-order valence-electron chi connectivity index (χ4n) is 0.904. The Kier molecular flexibility index (Phi) is 6.24. The lowest BCUT2D eigenvalue weighted by atomic mass is 10.1. The average molecular weight is 143 g/mol. The summed E-state index contributed by atoms with van der Waals surface area (Å²) in [5.74, 6) is 0.630. The van der Waals surface area contributed by atoms with Crippen LogP contribution in [0.4, 0.5) is 0 Å². The van der Waals surface area contributed by atoms with Crippen molar-refractivity contribution in [3.63, 3.8) is 0 Å². The highest BCUT2D eigenvalue weighted by molar-refractivity contribution is 5.45. The number of amides is 1. The maximum absolute atomic E-state index is 9.87. The van der Waals surface area contributed by atoms with Gasteiger partial charge in [-0.25, -0.2) is 0 Å². The van der Waals surface area contributed by atoms with E-state index in [0.29, 0.717) is 5.92 Å². The fraction of sp³-hybridized carbons (Fsp3) is 0.875. The van der Waals surface area contributed by atoms with Gasteiger partial charge in [-0.05, 0) is 12.3 Å². The predicted octanol–water partition coefficient (Wildman–Crippen LogP) is 1.56. The first-order valence-electron chi connectivity index (χ1n) is 3.98. The molecule has 0 rings (SSSR count). The summed E-state index contributed by atoms with van der Waals surface area (Å²) in [4.78, 5) is 9.87. The minimum absolute atomic E-state index is 0.630. The Morgan fingerprint density at radius 3 is 2.80 bits per heavy atom. The van der Waals surface area contributed by atoms with Crippen LogP contribution in [0.25, 0.3) is 0 Å². The molecule has 0 bridgehead atoms. The molecule has 0 saturated heterocycles. The smallest absolute Gasteiger partial charge is 0.207 e. The van der Waals surface area contributed by atoms with Gasteiger partial charge in [0.05, 0.1) is 0 Å². The van der Waals surface area contributed by atoms with E-state index >= 15 is 0 Å². The minimum Gasteiger partial charge on any atom is -0.358 e. The van der Waals surface area contributed by atoms with Gasteiger partial charge in [0.2, 0.25) is 6.41 Å². The van der Waals surface area contributed by atoms with Gasteiger partial charge >= 0.3 is 0 Å². The molecule has 0 aromatic rings. The molecule has 10 heavy (non-hydrogen) atoms. The Hall–Kier alpha value is -0.530. The van der Waals surface area contributed by atoms with Crippen LogP contribution < -0.4 is 5.32 Å². The molecule has 0 aromatic heterocycles. The summed E-state index contributed by atoms with van der Waals surface area (Å²) in [6, 6.07) is 0. The number of rotatable bonds is 6. The number of carbonyl (C=O) groups excluding carboxylic acids is 1. The predicted molar refractivity (Wildman–Crippen MR) is 42.8 cm³/mol. The molecule has 1 N–H and O–H groups in total. The molecule has 0 fully saturated rings. The Labute approximate surface area is 63.0 Å². The van der Waals surface area contributed by atoms with Crippen molar-refractivity contribution in [2.75, 3.05) is 6.54 Å². The summed E-state index contributed by atoms with van der Waals surface area (Å²) in [6.45, 7) is 5.16. The van der Waals surface area contributed by atoms with Crippen LogP contribution in [0.5, 0.6) is 0 Å². The molecule has 2 nitrogen and oxygen atoms in total. The molecule has 1 unspecified atom stereocenters. The maximum atomic E-state index is 9.87. The van der Waals surface area contributed by atoms with Crippen LogP contribution in [-0.2, 0) is 4.79 Å². The van der Waals surface area contributed by atoms with E-state index in [-0.39, 0.29) is 0 Å². The number of carbonyl (C=O) groups is 1. The first-order valence-corrected chi connectivity index (χ1v) is 3.98. The molecule has 0 saturated carbocycles. The molecule has 1 amide bonds. The summed E-state index contributed by atoms with van der Waals surface area (Å²) < 4.78 is 0. The summed E-state index contributed by atoms with van der Waals surface area (Å²) in [5, 5.41) is 2.68. The summed E-state index contributed by atoms with van der Waals surface area (Å²) in [6.07, 6.45) is 4.49. The van der Waals surface area contributed by atoms with Gasteiger partial charge in [-0.2, -0.15) is 0 Å². The standard InChI is InChI=1S/C8H17NO/c1-3-4-5-8(2)6-9-7-10/h7-8H,3-6H2,1-2H3,(H,9,10). The van der Waals surface area contributed by atoms with Crippen molar-refractivity contribution in [3.05, 3.63) is 0 Å². The van der Waals surface area contributed by atoms with E-state index in [1.54, 1.807) is 0 Å². The molecule has 2 heteroatoms. The molecule has 0 aliphatic heterocycles. The van der Waals surface area contributed by atoms with Crippen molar-refractivity contribution in [2.24, 2.45) is 5.92 Å². The number of unbranched alkanes of at least 4 members (excludes halogenated alkanes) is 1. The zero-order chi connectivity index (χ0) is 7.82. The molecular weight excluding hydrogens is 126 g/mol. The Morgan fingerprint density at radius 1 is 1.60 bits per heavy atom. The molecule has 0 heterocycles. The van der Waals surface area contributed by atoms with Gasteiger partial charge in [0.25, 0.3) is 0 Å². The third-order valence-corrected chi connectivity index (χ3v) is 1.60. The van der Waals surface area contributed by atoms with Crippen LogP contribution in [0.1, 0.15) is 33.1 Å². The van der Waals surface area contributed by atoms with Crippen LogP contribution in [0.15, 0.2) is 0 Å². The number of nitrogens with one attached hydrogen (secondary N) is 1. The van der Waals surface area contributed by atoms with Gasteiger partial charge in [0, 0.05) is 6.54 Å². The normalized spacial score (nSPS) is 12.6. The molecular formula is C8H17NO. The monoisotopic (exact) mass is 143 g/mol. The van der Waals surface area contributed by atoms with Crippen molar-refractivity contribution < 1.29 is 4.79 Å². The third-order valence-electron chi connectivity index (χ3n) is 1.60. The largest absolute Gasteiger partial charge is 0.358 e. The zero-order valence-corrected chi connectivity index (χ0v) is 6.89. The second-order valence-corrected chi connectivity index (χ2v) is 2.77. The van der Waals surface area contributed by atoms with E-state index in [4.69, 9.17) is 0 Å². The Bertz CT molecular complexity index is 83.3. The van der Waals surface area contributed by atoms with Crippen molar-refractivity contribution in [2.45, 2.75) is 33.1 Å². The van der Waals surface area contributed by atoms with E-state index in [0.717, 1.165) is 13.0 Å². The fourth-order valence-corrected chi connectivity index (χ4v) is 0.904. The summed E-state index contributed by atoms with van der Waals surface area (Å²) in [5.41, 5.74) is 0. The highest BCUT2D eigenvalue weighted by Crippen LogP contribution is 2.05. The quantitative estimate of drug-likeness (QED) is 0.562. The van der Waals surface area contributed by atoms with Crippen LogP contribution in [-0.4, -0.2) is 13.0 Å². The van der Waals surface area contributed by atoms with Crippen molar-refractivity contribution >= 4 is 6.41 Å². The lowest BCUT2D eigenvalue weighted by Crippen LogP contribution is -2.18. The maximum Gasteiger partial charge on any atom is 0.207 e. The van der Waals surface area contributed by atoms with Gasteiger partial charge in [-0.1, -0.05) is 26.7 Å². The van der Waals surface area contributed by atoms with E-state index in [2.05, 4.69) is 19.2 Å². The Morgan fingerprint density at radius 2 is 2.30 bits per heavy atom. The second-order valence-electron chi connectivity index (χ2n) is 2.77. The van der Waals surface area contributed by atoms with Crippen LogP contribution in [0.3, 0.4) is 0 Å². The highest BCUT2D eigenvalue weighted by Gasteiger charge is 1.98. The van der Waals surface area contributed by atoms with Gasteiger partial charge in [0.1, 0.15) is 0 Å². The van der Waals surface area contributed by atoms with Gasteiger partial charge in [-0.15, -0.1) is 0 Å². The molecule has 0 spiro atoms. The minimum atomic E-state index is 0.630. The zero-order valence-electron chi connectivity index (χ0n) is 6.89. The first-order chi connectivity index (χ1) is 4.81. The van der Waals surface area contributed by atoms with Crippen molar-refractivity contribution in [3.8, 4) is 0 Å². The third kappa shape index (κ3) is 5.60. The molecule has 0 radical (unpaired) electrons. The highest BCUT2D eigenvalue weighted by atomic mass is 16.1. The van der Waals surface area contributed by atoms with Crippen LogP contribution >= 0.6 is 0 Å². The molecule has 0 aliphatic rings. The molecule has 0 aromatic carbocycles. The topological polar surface area (TPSA) is 29.1 Å². The van der Waals surface area contributed by atoms with E-state index in [1.165, 1.54) is 19.3 Å². The Balaban J connectivity index is 3.07. The SMILES string of the molecule is CCCCC(C)CNC=O. The van der Waals surface area contributed by atoms with Crippen molar-refractivity contribution in [1.29, 1.82) is 0 Å².